The highest BCUT2D eigenvalue weighted by molar-refractivity contribution is 7.89. The van der Waals surface area contributed by atoms with Crippen LogP contribution in [0, 0.1) is 5.92 Å². The topological polar surface area (TPSA) is 84.0 Å². The summed E-state index contributed by atoms with van der Waals surface area (Å²) < 4.78 is 32.4. The fourth-order valence-corrected chi connectivity index (χ4v) is 6.54. The van der Waals surface area contributed by atoms with E-state index >= 15 is 0 Å². The molecular weight excluding hydrogens is 475 g/mol. The van der Waals surface area contributed by atoms with Crippen molar-refractivity contribution in [3.8, 4) is 0 Å². The van der Waals surface area contributed by atoms with Crippen molar-refractivity contribution in [2.75, 3.05) is 25.1 Å². The Hall–Kier alpha value is -2.13. The summed E-state index contributed by atoms with van der Waals surface area (Å²) in [5, 5.41) is 0.377. The lowest BCUT2D eigenvalue weighted by atomic mass is 9.96. The lowest BCUT2D eigenvalue weighted by Crippen LogP contribution is -2.49. The van der Waals surface area contributed by atoms with Gasteiger partial charge in [-0.05, 0) is 42.7 Å². The third kappa shape index (κ3) is 4.12. The van der Waals surface area contributed by atoms with Crippen molar-refractivity contribution < 1.29 is 22.7 Å². The van der Waals surface area contributed by atoms with Crippen LogP contribution in [0.25, 0.3) is 0 Å². The smallest absolute Gasteiger partial charge is 0.329 e. The van der Waals surface area contributed by atoms with Gasteiger partial charge in [0.1, 0.15) is 10.9 Å². The second-order valence-electron chi connectivity index (χ2n) is 7.83. The maximum absolute atomic E-state index is 13.4. The first-order valence-corrected chi connectivity index (χ1v) is 12.4. The molecule has 2 aliphatic rings. The second kappa shape index (κ2) is 9.02. The number of halogens is 2. The molecule has 0 spiro atoms. The van der Waals surface area contributed by atoms with Gasteiger partial charge in [0.25, 0.3) is 0 Å². The number of esters is 1. The van der Waals surface area contributed by atoms with Gasteiger partial charge >= 0.3 is 5.97 Å². The molecule has 0 N–H and O–H groups in total. The molecule has 32 heavy (non-hydrogen) atoms. The molecule has 1 amide bonds. The summed E-state index contributed by atoms with van der Waals surface area (Å²) in [6.07, 6.45) is 1.07. The minimum Gasteiger partial charge on any atom is -0.467 e. The number of fused-ring (bicyclic) bond motifs is 1. The third-order valence-corrected chi connectivity index (χ3v) is 8.62. The molecule has 0 radical (unpaired) electrons. The first-order valence-electron chi connectivity index (χ1n) is 10.2. The Morgan fingerprint density at radius 2 is 1.75 bits per heavy atom. The van der Waals surface area contributed by atoms with Crippen molar-refractivity contribution in [3.05, 3.63) is 58.1 Å². The van der Waals surface area contributed by atoms with E-state index in [1.165, 1.54) is 34.5 Å². The fourth-order valence-electron chi connectivity index (χ4n) is 4.34. The zero-order valence-corrected chi connectivity index (χ0v) is 19.7. The molecule has 0 aliphatic carbocycles. The van der Waals surface area contributed by atoms with E-state index in [1.807, 2.05) is 24.3 Å². The Bertz CT molecular complexity index is 1160. The van der Waals surface area contributed by atoms with Gasteiger partial charge < -0.3 is 4.74 Å². The predicted molar refractivity (Wildman–Crippen MR) is 121 cm³/mol. The van der Waals surface area contributed by atoms with Crippen LogP contribution in [-0.4, -0.2) is 50.8 Å². The van der Waals surface area contributed by atoms with Gasteiger partial charge in [0.15, 0.2) is 0 Å². The van der Waals surface area contributed by atoms with Crippen molar-refractivity contribution in [1.82, 2.24) is 4.31 Å². The maximum atomic E-state index is 13.4. The Morgan fingerprint density at radius 1 is 1.06 bits per heavy atom. The van der Waals surface area contributed by atoms with Gasteiger partial charge in [-0.25, -0.2) is 13.2 Å². The molecule has 2 heterocycles. The van der Waals surface area contributed by atoms with E-state index in [0.717, 1.165) is 5.56 Å². The normalized spacial score (nSPS) is 19.6. The molecule has 170 valence electrons. The molecule has 1 unspecified atom stereocenters. The van der Waals surface area contributed by atoms with Crippen molar-refractivity contribution in [2.24, 2.45) is 5.92 Å². The molecule has 4 rings (SSSR count). The number of ether oxygens (including phenoxy) is 1. The van der Waals surface area contributed by atoms with Crippen molar-refractivity contribution in [3.63, 3.8) is 0 Å². The van der Waals surface area contributed by atoms with Crippen LogP contribution in [-0.2, 0) is 30.8 Å². The van der Waals surface area contributed by atoms with Crippen LogP contribution in [0.5, 0.6) is 0 Å². The number of para-hydroxylation sites is 1. The highest BCUT2D eigenvalue weighted by Gasteiger charge is 2.42. The molecule has 0 aromatic heterocycles. The van der Waals surface area contributed by atoms with Gasteiger partial charge in [0.05, 0.1) is 12.1 Å². The van der Waals surface area contributed by atoms with E-state index < -0.39 is 28.0 Å². The first kappa shape index (κ1) is 23.0. The molecule has 1 saturated heterocycles. The van der Waals surface area contributed by atoms with Crippen LogP contribution >= 0.6 is 23.2 Å². The molecule has 2 aromatic carbocycles. The van der Waals surface area contributed by atoms with Gasteiger partial charge in [-0.15, -0.1) is 0 Å². The summed E-state index contributed by atoms with van der Waals surface area (Å²) in [4.78, 5) is 27.3. The van der Waals surface area contributed by atoms with Gasteiger partial charge in [0, 0.05) is 36.1 Å². The summed E-state index contributed by atoms with van der Waals surface area (Å²) in [5.74, 6) is -1.07. The molecule has 7 nitrogen and oxygen atoms in total. The maximum Gasteiger partial charge on any atom is 0.329 e. The number of sulfonamides is 1. The van der Waals surface area contributed by atoms with E-state index in [2.05, 4.69) is 0 Å². The Labute approximate surface area is 196 Å². The number of piperidine rings is 1. The van der Waals surface area contributed by atoms with E-state index in [0.29, 0.717) is 24.9 Å². The number of nitrogens with zero attached hydrogens (tertiary/aromatic N) is 2. The number of rotatable bonds is 4. The quantitative estimate of drug-likeness (QED) is 0.604. The van der Waals surface area contributed by atoms with Crippen LogP contribution in [0.4, 0.5) is 5.69 Å². The third-order valence-electron chi connectivity index (χ3n) is 6.00. The largest absolute Gasteiger partial charge is 0.467 e. The molecule has 1 fully saturated rings. The summed E-state index contributed by atoms with van der Waals surface area (Å²) in [5.41, 5.74) is 1.61. The highest BCUT2D eigenvalue weighted by atomic mass is 35.5. The SMILES string of the molecule is COC(=O)C1Cc2ccccc2N1C(=O)C1CCN(S(=O)(=O)c2cc(Cl)ccc2Cl)CC1. The molecule has 0 saturated carbocycles. The first-order chi connectivity index (χ1) is 15.2. The molecular formula is C22H22Cl2N2O5S. The van der Waals surface area contributed by atoms with Crippen molar-refractivity contribution >= 4 is 50.8 Å². The van der Waals surface area contributed by atoms with Gasteiger partial charge in [-0.1, -0.05) is 41.4 Å². The number of hydrogen-bond donors (Lipinski definition) is 0. The van der Waals surface area contributed by atoms with Crippen LogP contribution in [0.2, 0.25) is 10.0 Å². The summed E-state index contributed by atoms with van der Waals surface area (Å²) >= 11 is 12.1. The molecule has 2 aliphatic heterocycles. The minimum absolute atomic E-state index is 0.0457. The van der Waals surface area contributed by atoms with E-state index in [1.54, 1.807) is 0 Å². The van der Waals surface area contributed by atoms with E-state index in [9.17, 15) is 18.0 Å². The summed E-state index contributed by atoms with van der Waals surface area (Å²) in [6, 6.07) is 11.0. The van der Waals surface area contributed by atoms with Gasteiger partial charge in [-0.3, -0.25) is 9.69 Å². The number of anilines is 1. The summed E-state index contributed by atoms with van der Waals surface area (Å²) in [7, 11) is -2.54. The fraction of sp³-hybridized carbons (Fsp3) is 0.364. The Balaban J connectivity index is 1.52. The van der Waals surface area contributed by atoms with Crippen LogP contribution in [0.15, 0.2) is 47.4 Å². The monoisotopic (exact) mass is 496 g/mol. The number of carbonyl (C=O) groups is 2. The minimum atomic E-state index is -3.84. The lowest BCUT2D eigenvalue weighted by Gasteiger charge is -2.34. The average molecular weight is 497 g/mol. The van der Waals surface area contributed by atoms with Gasteiger partial charge in [-0.2, -0.15) is 4.31 Å². The van der Waals surface area contributed by atoms with E-state index in [4.69, 9.17) is 27.9 Å². The zero-order valence-electron chi connectivity index (χ0n) is 17.3. The van der Waals surface area contributed by atoms with E-state index in [-0.39, 0.29) is 33.9 Å². The van der Waals surface area contributed by atoms with Crippen LogP contribution in [0.3, 0.4) is 0 Å². The molecule has 2 aromatic rings. The Kier molecular flexibility index (Phi) is 6.49. The number of carbonyl (C=O) groups excluding carboxylic acids is 2. The highest BCUT2D eigenvalue weighted by Crippen LogP contribution is 2.36. The Morgan fingerprint density at radius 3 is 2.44 bits per heavy atom. The van der Waals surface area contributed by atoms with Gasteiger partial charge in [0.2, 0.25) is 15.9 Å². The molecule has 10 heteroatoms. The summed E-state index contributed by atoms with van der Waals surface area (Å²) in [6.45, 7) is 0.333. The standard InChI is InChI=1S/C22H22Cl2N2O5S/c1-31-22(28)19-12-15-4-2-3-5-18(15)26(19)21(27)14-8-10-25(11-9-14)32(29,30)20-13-16(23)6-7-17(20)24/h2-7,13-14,19H,8-12H2,1H3. The molecule has 1 atom stereocenters. The number of amides is 1. The average Bonchev–Trinajstić information content (AvgIpc) is 3.19. The van der Waals surface area contributed by atoms with Crippen molar-refractivity contribution in [2.45, 2.75) is 30.2 Å². The second-order valence-corrected chi connectivity index (χ2v) is 10.6. The predicted octanol–water partition coefficient (Wildman–Crippen LogP) is 3.53. The number of methoxy groups -OCH3 is 1. The lowest BCUT2D eigenvalue weighted by molar-refractivity contribution is -0.143. The van der Waals surface area contributed by atoms with Crippen LogP contribution in [0.1, 0.15) is 18.4 Å². The van der Waals surface area contributed by atoms with Crippen LogP contribution < -0.4 is 4.90 Å². The zero-order chi connectivity index (χ0) is 23.0. The number of hydrogen-bond acceptors (Lipinski definition) is 5. The molecule has 0 bridgehead atoms. The van der Waals surface area contributed by atoms with Crippen molar-refractivity contribution in [1.29, 1.82) is 0 Å². The number of benzene rings is 2.